The van der Waals surface area contributed by atoms with Gasteiger partial charge >= 0.3 is 11.9 Å². The van der Waals surface area contributed by atoms with Gasteiger partial charge in [0.25, 0.3) is 0 Å². The van der Waals surface area contributed by atoms with Gasteiger partial charge in [0.05, 0.1) is 13.2 Å². The maximum atomic E-state index is 11.2. The number of aromatic amines is 1. The molecule has 1 aromatic heterocycles. The number of hydrogen-bond acceptors (Lipinski definition) is 6. The summed E-state index contributed by atoms with van der Waals surface area (Å²) in [7, 11) is 0. The molecule has 1 heterocycles. The lowest BCUT2D eigenvalue weighted by molar-refractivity contribution is -0.145. The topological polar surface area (TPSA) is 98.4 Å². The largest absolute Gasteiger partial charge is 0.466 e. The third-order valence-electron chi connectivity index (χ3n) is 3.03. The number of H-pyrrole nitrogens is 1. The van der Waals surface area contributed by atoms with Gasteiger partial charge in [-0.1, -0.05) is 27.7 Å². The van der Waals surface area contributed by atoms with E-state index in [0.29, 0.717) is 37.2 Å². The first-order chi connectivity index (χ1) is 12.2. The lowest BCUT2D eigenvalue weighted by Gasteiger charge is -2.03. The van der Waals surface area contributed by atoms with Crippen molar-refractivity contribution in [3.05, 3.63) is 17.5 Å². The van der Waals surface area contributed by atoms with E-state index in [1.54, 1.807) is 19.9 Å². The van der Waals surface area contributed by atoms with Crippen molar-refractivity contribution in [3.8, 4) is 0 Å². The molecule has 0 amide bonds. The van der Waals surface area contributed by atoms with Gasteiger partial charge in [0, 0.05) is 12.1 Å². The number of esters is 2. The van der Waals surface area contributed by atoms with Crippen LogP contribution in [0.3, 0.4) is 0 Å². The smallest absolute Gasteiger partial charge is 0.358 e. The Morgan fingerprint density at radius 1 is 1.04 bits per heavy atom. The first-order valence-corrected chi connectivity index (χ1v) is 9.08. The van der Waals surface area contributed by atoms with Crippen molar-refractivity contribution in [2.24, 2.45) is 11.8 Å². The van der Waals surface area contributed by atoms with Gasteiger partial charge in [0.2, 0.25) is 0 Å². The molecular formula is C19H32N2O5. The summed E-state index contributed by atoms with van der Waals surface area (Å²) in [5, 5.41) is 6.71. The monoisotopic (exact) mass is 368 g/mol. The number of ketones is 1. The molecule has 0 spiro atoms. The molecule has 0 radical (unpaired) electrons. The molecule has 1 N–H and O–H groups in total. The molecule has 0 aliphatic rings. The summed E-state index contributed by atoms with van der Waals surface area (Å²) in [5.41, 5.74) is 1.34. The van der Waals surface area contributed by atoms with Crippen LogP contribution in [0.1, 0.15) is 70.6 Å². The minimum Gasteiger partial charge on any atom is -0.466 e. The van der Waals surface area contributed by atoms with Crippen LogP contribution in [0.5, 0.6) is 0 Å². The number of rotatable bonds is 9. The van der Waals surface area contributed by atoms with Crippen LogP contribution in [-0.2, 0) is 25.5 Å². The van der Waals surface area contributed by atoms with Crippen LogP contribution >= 0.6 is 0 Å². The Hall–Kier alpha value is -2.18. The number of Topliss-reactive ketones (excluding diaryl/α,β-unsaturated/α-hetero) is 1. The Bertz CT molecular complexity index is 564. The summed E-state index contributed by atoms with van der Waals surface area (Å²) in [6.07, 6.45) is 1.28. The molecule has 0 aliphatic carbocycles. The fourth-order valence-corrected chi connectivity index (χ4v) is 2.12. The second-order valence-corrected chi connectivity index (χ2v) is 6.72. The van der Waals surface area contributed by atoms with Crippen LogP contribution in [0.2, 0.25) is 0 Å². The molecule has 0 aromatic carbocycles. The molecule has 0 saturated carbocycles. The SMILES string of the molecule is CCOC(=O)CC(=O)CC(C)C.CCOC(=O)c1cc(CC(C)C)[nH]n1. The molecule has 26 heavy (non-hydrogen) atoms. The molecule has 1 rings (SSSR count). The number of nitrogens with one attached hydrogen (secondary N) is 1. The molecule has 148 valence electrons. The van der Waals surface area contributed by atoms with Gasteiger partial charge in [-0.2, -0.15) is 5.10 Å². The molecule has 0 bridgehead atoms. The fraction of sp³-hybridized carbons (Fsp3) is 0.684. The highest BCUT2D eigenvalue weighted by molar-refractivity contribution is 5.95. The molecule has 0 unspecified atom stereocenters. The van der Waals surface area contributed by atoms with Gasteiger partial charge in [0.1, 0.15) is 12.2 Å². The zero-order chi connectivity index (χ0) is 20.1. The molecule has 7 nitrogen and oxygen atoms in total. The number of ether oxygens (including phenoxy) is 2. The highest BCUT2D eigenvalue weighted by Crippen LogP contribution is 2.07. The molecule has 0 fully saturated rings. The van der Waals surface area contributed by atoms with Gasteiger partial charge in [-0.15, -0.1) is 0 Å². The van der Waals surface area contributed by atoms with E-state index in [1.165, 1.54) is 0 Å². The minimum atomic E-state index is -0.414. The maximum Gasteiger partial charge on any atom is 0.358 e. The van der Waals surface area contributed by atoms with E-state index in [9.17, 15) is 14.4 Å². The Morgan fingerprint density at radius 3 is 2.15 bits per heavy atom. The van der Waals surface area contributed by atoms with Gasteiger partial charge in [-0.25, -0.2) is 4.79 Å². The van der Waals surface area contributed by atoms with Gasteiger partial charge < -0.3 is 9.47 Å². The van der Waals surface area contributed by atoms with Gasteiger partial charge in [-0.05, 0) is 38.2 Å². The third-order valence-corrected chi connectivity index (χ3v) is 3.03. The number of hydrogen-bond donors (Lipinski definition) is 1. The summed E-state index contributed by atoms with van der Waals surface area (Å²) >= 11 is 0. The van der Waals surface area contributed by atoms with Crippen molar-refractivity contribution in [1.29, 1.82) is 0 Å². The average Bonchev–Trinajstić information content (AvgIpc) is 2.95. The highest BCUT2D eigenvalue weighted by Gasteiger charge is 2.12. The quantitative estimate of drug-likeness (QED) is 0.530. The predicted octanol–water partition coefficient (Wildman–Crippen LogP) is 3.34. The van der Waals surface area contributed by atoms with Crippen LogP contribution in [0.15, 0.2) is 6.07 Å². The first-order valence-electron chi connectivity index (χ1n) is 9.08. The molecule has 0 aliphatic heterocycles. The Balaban J connectivity index is 0.000000488. The zero-order valence-electron chi connectivity index (χ0n) is 16.8. The number of carbonyl (C=O) groups excluding carboxylic acids is 3. The number of aromatic nitrogens is 2. The van der Waals surface area contributed by atoms with Gasteiger partial charge in [0.15, 0.2) is 5.69 Å². The molecule has 0 atom stereocenters. The van der Waals surface area contributed by atoms with Crippen molar-refractivity contribution in [2.45, 2.75) is 60.8 Å². The summed E-state index contributed by atoms with van der Waals surface area (Å²) in [5.74, 6) is 0.0442. The zero-order valence-corrected chi connectivity index (χ0v) is 16.8. The Labute approximate surface area is 155 Å². The number of carbonyl (C=O) groups is 3. The lowest BCUT2D eigenvalue weighted by Crippen LogP contribution is -2.12. The second-order valence-electron chi connectivity index (χ2n) is 6.72. The molecular weight excluding hydrogens is 336 g/mol. The van der Waals surface area contributed by atoms with Crippen LogP contribution in [0.25, 0.3) is 0 Å². The normalized spacial score (nSPS) is 10.3. The van der Waals surface area contributed by atoms with Crippen molar-refractivity contribution in [2.75, 3.05) is 13.2 Å². The standard InChI is InChI=1S/C10H16N2O2.C9H16O3/c1-4-14-10(13)9-6-8(11-12-9)5-7(2)3;1-4-12-9(11)6-8(10)5-7(2)3/h6-7H,4-5H2,1-3H3,(H,11,12);7H,4-6H2,1-3H3. The first kappa shape index (κ1) is 23.8. The van der Waals surface area contributed by atoms with E-state index < -0.39 is 5.97 Å². The van der Waals surface area contributed by atoms with E-state index in [2.05, 4.69) is 28.8 Å². The minimum absolute atomic E-state index is 0.0385. The van der Waals surface area contributed by atoms with Crippen LogP contribution < -0.4 is 0 Å². The Morgan fingerprint density at radius 2 is 1.65 bits per heavy atom. The van der Waals surface area contributed by atoms with E-state index in [4.69, 9.17) is 4.74 Å². The summed E-state index contributed by atoms with van der Waals surface area (Å²) in [4.78, 5) is 33.1. The van der Waals surface area contributed by atoms with Crippen molar-refractivity contribution < 1.29 is 23.9 Å². The number of nitrogens with zero attached hydrogens (tertiary/aromatic N) is 1. The van der Waals surface area contributed by atoms with E-state index >= 15 is 0 Å². The van der Waals surface area contributed by atoms with Crippen molar-refractivity contribution in [1.82, 2.24) is 10.2 Å². The lowest BCUT2D eigenvalue weighted by atomic mass is 10.1. The average molecular weight is 368 g/mol. The third kappa shape index (κ3) is 11.4. The Kier molecular flexibility index (Phi) is 12.0. The maximum absolute atomic E-state index is 11.2. The summed E-state index contributed by atoms with van der Waals surface area (Å²) in [6, 6.07) is 1.75. The summed E-state index contributed by atoms with van der Waals surface area (Å²) in [6.45, 7) is 12.4. The summed E-state index contributed by atoms with van der Waals surface area (Å²) < 4.78 is 9.46. The van der Waals surface area contributed by atoms with Crippen LogP contribution in [0, 0.1) is 11.8 Å². The van der Waals surface area contributed by atoms with E-state index in [-0.39, 0.29) is 18.2 Å². The van der Waals surface area contributed by atoms with Crippen molar-refractivity contribution in [3.63, 3.8) is 0 Å². The predicted molar refractivity (Wildman–Crippen MR) is 98.8 cm³/mol. The fourth-order valence-electron chi connectivity index (χ4n) is 2.12. The highest BCUT2D eigenvalue weighted by atomic mass is 16.5. The van der Waals surface area contributed by atoms with Crippen LogP contribution in [-0.4, -0.2) is 41.1 Å². The molecule has 7 heteroatoms. The van der Waals surface area contributed by atoms with Gasteiger partial charge in [-0.3, -0.25) is 14.7 Å². The molecule has 0 saturated heterocycles. The van der Waals surface area contributed by atoms with Crippen LogP contribution in [0.4, 0.5) is 0 Å². The molecule has 1 aromatic rings. The van der Waals surface area contributed by atoms with E-state index in [0.717, 1.165) is 12.1 Å². The van der Waals surface area contributed by atoms with Crippen molar-refractivity contribution >= 4 is 17.7 Å². The van der Waals surface area contributed by atoms with E-state index in [1.807, 2.05) is 13.8 Å². The second kappa shape index (κ2) is 13.1.